The van der Waals surface area contributed by atoms with Crippen LogP contribution in [0.4, 0.5) is 0 Å². The number of aromatic amines is 1. The van der Waals surface area contributed by atoms with Crippen LogP contribution in [0.25, 0.3) is 0 Å². The fourth-order valence-corrected chi connectivity index (χ4v) is 1.80. The Kier molecular flexibility index (Phi) is 5.37. The molecule has 1 heterocycles. The summed E-state index contributed by atoms with van der Waals surface area (Å²) in [4.78, 5) is 25.2. The molecule has 0 aromatic carbocycles. The van der Waals surface area contributed by atoms with Crippen LogP contribution in [0.3, 0.4) is 0 Å². The highest BCUT2D eigenvalue weighted by Crippen LogP contribution is 1.96. The fourth-order valence-electron chi connectivity index (χ4n) is 1.21. The highest BCUT2D eigenvalue weighted by molar-refractivity contribution is 7.07. The smallest absolute Gasteiger partial charge is 0.304 e. The monoisotopic (exact) mass is 257 g/mol. The summed E-state index contributed by atoms with van der Waals surface area (Å²) in [6.45, 7) is 7.08. The molecule has 1 unspecified atom stereocenters. The van der Waals surface area contributed by atoms with Gasteiger partial charge in [-0.05, 0) is 12.8 Å². The minimum absolute atomic E-state index is 0.0173. The fraction of sp³-hybridized carbons (Fsp3) is 0.636. The van der Waals surface area contributed by atoms with E-state index in [0.717, 1.165) is 17.0 Å². The predicted octanol–water partition coefficient (Wildman–Crippen LogP) is 0.687. The normalized spacial score (nSPS) is 12.7. The Bertz CT molecular complexity index is 411. The zero-order valence-corrected chi connectivity index (χ0v) is 11.2. The van der Waals surface area contributed by atoms with Crippen molar-refractivity contribution in [2.45, 2.75) is 33.4 Å². The van der Waals surface area contributed by atoms with Gasteiger partial charge in [0, 0.05) is 24.2 Å². The quantitative estimate of drug-likeness (QED) is 0.702. The number of hydrogen-bond acceptors (Lipinski definition) is 4. The minimum Gasteiger partial charge on any atom is -0.354 e. The van der Waals surface area contributed by atoms with Crippen LogP contribution < -0.4 is 15.5 Å². The van der Waals surface area contributed by atoms with Crippen LogP contribution in [-0.2, 0) is 11.3 Å². The van der Waals surface area contributed by atoms with Crippen LogP contribution in [0.2, 0.25) is 0 Å². The third-order valence-electron chi connectivity index (χ3n) is 2.25. The SMILES string of the molecule is CC(C)CNC(=O)C(C)NCc1csc(=O)[nH]1. The maximum absolute atomic E-state index is 11.6. The van der Waals surface area contributed by atoms with E-state index in [4.69, 9.17) is 0 Å². The lowest BCUT2D eigenvalue weighted by Crippen LogP contribution is -2.43. The maximum atomic E-state index is 11.6. The molecule has 17 heavy (non-hydrogen) atoms. The Labute approximate surface area is 105 Å². The topological polar surface area (TPSA) is 74.0 Å². The summed E-state index contributed by atoms with van der Waals surface area (Å²) in [7, 11) is 0. The first-order valence-electron chi connectivity index (χ1n) is 5.67. The van der Waals surface area contributed by atoms with Crippen molar-refractivity contribution in [2.24, 2.45) is 5.92 Å². The van der Waals surface area contributed by atoms with Gasteiger partial charge in [0.2, 0.25) is 5.91 Å². The molecule has 3 N–H and O–H groups in total. The summed E-state index contributed by atoms with van der Waals surface area (Å²) >= 11 is 1.13. The van der Waals surface area contributed by atoms with Crippen molar-refractivity contribution >= 4 is 17.2 Å². The number of nitrogens with one attached hydrogen (secondary N) is 3. The summed E-state index contributed by atoms with van der Waals surface area (Å²) in [6, 6.07) is -0.267. The summed E-state index contributed by atoms with van der Waals surface area (Å²) in [5.74, 6) is 0.427. The molecule has 1 atom stereocenters. The second-order valence-electron chi connectivity index (χ2n) is 4.41. The van der Waals surface area contributed by atoms with E-state index in [9.17, 15) is 9.59 Å². The van der Waals surface area contributed by atoms with Gasteiger partial charge in [0.15, 0.2) is 0 Å². The van der Waals surface area contributed by atoms with Gasteiger partial charge in [-0.2, -0.15) is 0 Å². The van der Waals surface area contributed by atoms with Crippen molar-refractivity contribution in [1.82, 2.24) is 15.6 Å². The number of carbonyl (C=O) groups excluding carboxylic acids is 1. The molecule has 0 aliphatic carbocycles. The van der Waals surface area contributed by atoms with Crippen molar-refractivity contribution < 1.29 is 4.79 Å². The van der Waals surface area contributed by atoms with Gasteiger partial charge in [-0.1, -0.05) is 25.2 Å². The maximum Gasteiger partial charge on any atom is 0.304 e. The molecule has 0 fully saturated rings. The number of thiazole rings is 1. The van der Waals surface area contributed by atoms with E-state index >= 15 is 0 Å². The van der Waals surface area contributed by atoms with Crippen molar-refractivity contribution in [3.63, 3.8) is 0 Å². The highest BCUT2D eigenvalue weighted by atomic mass is 32.1. The first-order valence-corrected chi connectivity index (χ1v) is 6.54. The van der Waals surface area contributed by atoms with E-state index in [-0.39, 0.29) is 16.8 Å². The van der Waals surface area contributed by atoms with Gasteiger partial charge < -0.3 is 15.6 Å². The number of H-pyrrole nitrogens is 1. The molecular weight excluding hydrogens is 238 g/mol. The second-order valence-corrected chi connectivity index (χ2v) is 5.26. The van der Waals surface area contributed by atoms with E-state index in [0.29, 0.717) is 19.0 Å². The van der Waals surface area contributed by atoms with E-state index in [2.05, 4.69) is 29.5 Å². The second kappa shape index (κ2) is 6.56. The van der Waals surface area contributed by atoms with E-state index in [1.807, 2.05) is 0 Å². The van der Waals surface area contributed by atoms with Crippen molar-refractivity contribution in [1.29, 1.82) is 0 Å². The molecule has 0 saturated heterocycles. The number of amides is 1. The third-order valence-corrected chi connectivity index (χ3v) is 2.97. The Balaban J connectivity index is 2.31. The van der Waals surface area contributed by atoms with Gasteiger partial charge in [-0.15, -0.1) is 0 Å². The van der Waals surface area contributed by atoms with Gasteiger partial charge in [-0.25, -0.2) is 0 Å². The molecule has 0 bridgehead atoms. The first kappa shape index (κ1) is 13.9. The molecule has 5 nitrogen and oxygen atoms in total. The van der Waals surface area contributed by atoms with Crippen LogP contribution in [0.15, 0.2) is 10.2 Å². The predicted molar refractivity (Wildman–Crippen MR) is 69.1 cm³/mol. The molecule has 1 aromatic rings. The van der Waals surface area contributed by atoms with Crippen LogP contribution in [-0.4, -0.2) is 23.5 Å². The molecule has 96 valence electrons. The Morgan fingerprint density at radius 2 is 2.18 bits per heavy atom. The van der Waals surface area contributed by atoms with Crippen LogP contribution in [0.1, 0.15) is 26.5 Å². The lowest BCUT2D eigenvalue weighted by molar-refractivity contribution is -0.122. The van der Waals surface area contributed by atoms with Crippen molar-refractivity contribution in [3.8, 4) is 0 Å². The lowest BCUT2D eigenvalue weighted by Gasteiger charge is -2.14. The average molecular weight is 257 g/mol. The molecule has 1 rings (SSSR count). The van der Waals surface area contributed by atoms with E-state index in [1.54, 1.807) is 12.3 Å². The van der Waals surface area contributed by atoms with Crippen LogP contribution in [0, 0.1) is 5.92 Å². The lowest BCUT2D eigenvalue weighted by atomic mass is 10.2. The number of rotatable bonds is 6. The molecular formula is C11H19N3O2S. The van der Waals surface area contributed by atoms with Gasteiger partial charge in [0.05, 0.1) is 6.04 Å². The van der Waals surface area contributed by atoms with Crippen molar-refractivity contribution in [3.05, 3.63) is 20.7 Å². The van der Waals surface area contributed by atoms with Gasteiger partial charge in [0.1, 0.15) is 0 Å². The molecule has 1 amide bonds. The molecule has 0 aliphatic heterocycles. The molecule has 1 aromatic heterocycles. The largest absolute Gasteiger partial charge is 0.354 e. The van der Waals surface area contributed by atoms with Crippen LogP contribution in [0.5, 0.6) is 0 Å². The summed E-state index contributed by atoms with van der Waals surface area (Å²) in [5, 5.41) is 7.67. The minimum atomic E-state index is -0.267. The van der Waals surface area contributed by atoms with Gasteiger partial charge >= 0.3 is 4.87 Å². The highest BCUT2D eigenvalue weighted by Gasteiger charge is 2.12. The van der Waals surface area contributed by atoms with Crippen molar-refractivity contribution in [2.75, 3.05) is 6.54 Å². The van der Waals surface area contributed by atoms with E-state index in [1.165, 1.54) is 0 Å². The summed E-state index contributed by atoms with van der Waals surface area (Å²) in [6.07, 6.45) is 0. The number of carbonyl (C=O) groups is 1. The first-order chi connectivity index (χ1) is 7.99. The average Bonchev–Trinajstić information content (AvgIpc) is 2.68. The number of aromatic nitrogens is 1. The summed E-state index contributed by atoms with van der Waals surface area (Å²) in [5.41, 5.74) is 0.809. The molecule has 6 heteroatoms. The number of hydrogen-bond donors (Lipinski definition) is 3. The molecule has 0 aliphatic rings. The Morgan fingerprint density at radius 3 is 2.71 bits per heavy atom. The van der Waals surface area contributed by atoms with Gasteiger partial charge in [-0.3, -0.25) is 9.59 Å². The molecule has 0 radical (unpaired) electrons. The Morgan fingerprint density at radius 1 is 1.47 bits per heavy atom. The Hall–Kier alpha value is -1.14. The van der Waals surface area contributed by atoms with Crippen LogP contribution >= 0.6 is 11.3 Å². The zero-order valence-electron chi connectivity index (χ0n) is 10.4. The molecule has 0 spiro atoms. The third kappa shape index (κ3) is 5.14. The van der Waals surface area contributed by atoms with Gasteiger partial charge in [0.25, 0.3) is 0 Å². The standard InChI is InChI=1S/C11H19N3O2S/c1-7(2)4-13-10(15)8(3)12-5-9-6-17-11(16)14-9/h6-8,12H,4-5H2,1-3H3,(H,13,15)(H,14,16). The summed E-state index contributed by atoms with van der Waals surface area (Å²) < 4.78 is 0. The molecule has 0 saturated carbocycles. The van der Waals surface area contributed by atoms with E-state index < -0.39 is 0 Å². The zero-order chi connectivity index (χ0) is 12.8.